The van der Waals surface area contributed by atoms with Gasteiger partial charge in [-0.25, -0.2) is 14.4 Å². The van der Waals surface area contributed by atoms with Crippen molar-refractivity contribution in [3.63, 3.8) is 0 Å². The Morgan fingerprint density at radius 1 is 1.00 bits per heavy atom. The van der Waals surface area contributed by atoms with Crippen LogP contribution in [0.1, 0.15) is 0 Å². The molecule has 1 aromatic heterocycles. The van der Waals surface area contributed by atoms with E-state index in [0.29, 0.717) is 16.8 Å². The van der Waals surface area contributed by atoms with Crippen molar-refractivity contribution in [2.75, 3.05) is 0 Å². The Hall–Kier alpha value is -2.62. The third-order valence-electron chi connectivity index (χ3n) is 2.79. The standard InChI is InChI=1S/C15H9FN2O/c16-11-5-3-4-10(8-11)15-12-6-1-2-7-13(12)18-14(19)9-17-15/h1-9H. The molecule has 19 heavy (non-hydrogen) atoms. The third-order valence-corrected chi connectivity index (χ3v) is 2.79. The van der Waals surface area contributed by atoms with Crippen LogP contribution in [0, 0.1) is 5.82 Å². The summed E-state index contributed by atoms with van der Waals surface area (Å²) in [6, 6.07) is 13.3. The second-order valence-corrected chi connectivity index (χ2v) is 4.08. The number of aromatic nitrogens is 2. The molecular weight excluding hydrogens is 243 g/mol. The number of hydrogen-bond acceptors (Lipinski definition) is 3. The zero-order valence-electron chi connectivity index (χ0n) is 9.88. The predicted octanol–water partition coefficient (Wildman–Crippen LogP) is 2.80. The molecule has 0 aliphatic heterocycles. The Morgan fingerprint density at radius 3 is 2.68 bits per heavy atom. The Labute approximate surface area is 108 Å². The first-order chi connectivity index (χ1) is 9.24. The molecule has 0 N–H and O–H groups in total. The van der Waals surface area contributed by atoms with Gasteiger partial charge in [0.1, 0.15) is 5.82 Å². The Morgan fingerprint density at radius 2 is 1.84 bits per heavy atom. The maximum atomic E-state index is 13.3. The van der Waals surface area contributed by atoms with Gasteiger partial charge in [-0.2, -0.15) is 0 Å². The highest BCUT2D eigenvalue weighted by Gasteiger charge is 2.06. The molecule has 0 aliphatic carbocycles. The number of fused-ring (bicyclic) bond motifs is 1. The van der Waals surface area contributed by atoms with Crippen molar-refractivity contribution in [1.29, 1.82) is 0 Å². The van der Waals surface area contributed by atoms with E-state index in [0.717, 1.165) is 11.6 Å². The van der Waals surface area contributed by atoms with Crippen molar-refractivity contribution in [2.24, 2.45) is 0 Å². The van der Waals surface area contributed by atoms with E-state index in [1.165, 1.54) is 12.1 Å². The molecule has 0 bridgehead atoms. The monoisotopic (exact) mass is 252 g/mol. The molecular formula is C15H9FN2O. The van der Waals surface area contributed by atoms with Crippen LogP contribution in [-0.2, 0) is 0 Å². The van der Waals surface area contributed by atoms with Gasteiger partial charge in [-0.15, -0.1) is 0 Å². The fraction of sp³-hybridized carbons (Fsp3) is 0. The summed E-state index contributed by atoms with van der Waals surface area (Å²) >= 11 is 0. The van der Waals surface area contributed by atoms with Crippen molar-refractivity contribution in [2.45, 2.75) is 0 Å². The minimum Gasteiger partial charge on any atom is -0.266 e. The van der Waals surface area contributed by atoms with Crippen molar-refractivity contribution in [3.05, 3.63) is 70.9 Å². The summed E-state index contributed by atoms with van der Waals surface area (Å²) in [6.45, 7) is 0. The smallest absolute Gasteiger partial charge is 0.266 e. The van der Waals surface area contributed by atoms with Gasteiger partial charge in [0.25, 0.3) is 5.56 Å². The van der Waals surface area contributed by atoms with Gasteiger partial charge in [0.05, 0.1) is 17.4 Å². The first-order valence-electron chi connectivity index (χ1n) is 5.76. The van der Waals surface area contributed by atoms with E-state index in [1.54, 1.807) is 24.3 Å². The van der Waals surface area contributed by atoms with Crippen LogP contribution in [0.5, 0.6) is 0 Å². The van der Waals surface area contributed by atoms with Crippen LogP contribution < -0.4 is 5.56 Å². The summed E-state index contributed by atoms with van der Waals surface area (Å²) < 4.78 is 13.3. The van der Waals surface area contributed by atoms with Gasteiger partial charge < -0.3 is 0 Å². The molecule has 0 unspecified atom stereocenters. The number of halogens is 1. The zero-order chi connectivity index (χ0) is 13.2. The minimum absolute atomic E-state index is 0.342. The van der Waals surface area contributed by atoms with Crippen LogP contribution in [-0.4, -0.2) is 9.97 Å². The van der Waals surface area contributed by atoms with Crippen LogP contribution in [0.3, 0.4) is 0 Å². The fourth-order valence-electron chi connectivity index (χ4n) is 1.97. The number of para-hydroxylation sites is 1. The first kappa shape index (κ1) is 11.5. The van der Waals surface area contributed by atoms with Crippen molar-refractivity contribution >= 4 is 10.9 Å². The number of rotatable bonds is 1. The Balaban J connectivity index is 2.42. The largest absolute Gasteiger partial charge is 0.288 e. The summed E-state index contributed by atoms with van der Waals surface area (Å²) in [5.74, 6) is -0.342. The molecule has 3 rings (SSSR count). The summed E-state index contributed by atoms with van der Waals surface area (Å²) in [7, 11) is 0. The van der Waals surface area contributed by atoms with Gasteiger partial charge in [0.15, 0.2) is 0 Å². The predicted molar refractivity (Wildman–Crippen MR) is 71.2 cm³/mol. The molecule has 0 fully saturated rings. The third kappa shape index (κ3) is 2.20. The molecule has 92 valence electrons. The second kappa shape index (κ2) is 4.57. The molecule has 0 saturated heterocycles. The van der Waals surface area contributed by atoms with Crippen molar-refractivity contribution < 1.29 is 4.39 Å². The lowest BCUT2D eigenvalue weighted by atomic mass is 10.1. The highest BCUT2D eigenvalue weighted by Crippen LogP contribution is 2.24. The number of benzene rings is 2. The molecule has 0 amide bonds. The lowest BCUT2D eigenvalue weighted by Crippen LogP contribution is -1.98. The van der Waals surface area contributed by atoms with E-state index in [2.05, 4.69) is 9.97 Å². The summed E-state index contributed by atoms with van der Waals surface area (Å²) in [4.78, 5) is 19.6. The molecule has 3 aromatic rings. The second-order valence-electron chi connectivity index (χ2n) is 4.08. The summed E-state index contributed by atoms with van der Waals surface area (Å²) in [6.07, 6.45) is 1.15. The van der Waals surface area contributed by atoms with E-state index in [-0.39, 0.29) is 5.82 Å². The van der Waals surface area contributed by atoms with Crippen LogP contribution in [0.4, 0.5) is 4.39 Å². The molecule has 0 aliphatic rings. The highest BCUT2D eigenvalue weighted by atomic mass is 19.1. The van der Waals surface area contributed by atoms with E-state index >= 15 is 0 Å². The van der Waals surface area contributed by atoms with Gasteiger partial charge in [0.2, 0.25) is 0 Å². The Bertz CT molecular complexity index is 818. The maximum Gasteiger partial charge on any atom is 0.288 e. The number of nitrogens with zero attached hydrogens (tertiary/aromatic N) is 2. The van der Waals surface area contributed by atoms with Gasteiger partial charge in [-0.05, 0) is 18.2 Å². The molecule has 3 nitrogen and oxygen atoms in total. The van der Waals surface area contributed by atoms with Gasteiger partial charge in [-0.3, -0.25) is 4.79 Å². The molecule has 0 atom stereocenters. The van der Waals surface area contributed by atoms with Gasteiger partial charge in [0, 0.05) is 10.9 Å². The van der Waals surface area contributed by atoms with E-state index in [9.17, 15) is 9.18 Å². The highest BCUT2D eigenvalue weighted by molar-refractivity contribution is 5.91. The molecule has 2 aromatic carbocycles. The van der Waals surface area contributed by atoms with Crippen LogP contribution in [0.15, 0.2) is 59.5 Å². The lowest BCUT2D eigenvalue weighted by molar-refractivity contribution is 0.628. The quantitative estimate of drug-likeness (QED) is 0.668. The number of hydrogen-bond donors (Lipinski definition) is 0. The van der Waals surface area contributed by atoms with Crippen molar-refractivity contribution in [3.8, 4) is 11.3 Å². The van der Waals surface area contributed by atoms with E-state index < -0.39 is 5.56 Å². The fourth-order valence-corrected chi connectivity index (χ4v) is 1.97. The van der Waals surface area contributed by atoms with Crippen LogP contribution in [0.25, 0.3) is 22.2 Å². The van der Waals surface area contributed by atoms with Crippen LogP contribution in [0.2, 0.25) is 0 Å². The molecule has 0 saturated carbocycles. The Kier molecular flexibility index (Phi) is 2.76. The van der Waals surface area contributed by atoms with Gasteiger partial charge in [-0.1, -0.05) is 30.3 Å². The summed E-state index contributed by atoms with van der Waals surface area (Å²) in [5, 5.41) is 0.718. The average molecular weight is 252 g/mol. The molecule has 0 spiro atoms. The van der Waals surface area contributed by atoms with Crippen LogP contribution >= 0.6 is 0 Å². The minimum atomic E-state index is -0.418. The normalized spacial score (nSPS) is 10.6. The average Bonchev–Trinajstić information content (AvgIpc) is 2.57. The van der Waals surface area contributed by atoms with E-state index in [4.69, 9.17) is 0 Å². The zero-order valence-corrected chi connectivity index (χ0v) is 9.88. The van der Waals surface area contributed by atoms with Crippen molar-refractivity contribution in [1.82, 2.24) is 9.97 Å². The molecule has 0 radical (unpaired) electrons. The topological polar surface area (TPSA) is 42.9 Å². The lowest BCUT2D eigenvalue weighted by Gasteiger charge is -2.01. The molecule has 1 heterocycles. The van der Waals surface area contributed by atoms with Gasteiger partial charge >= 0.3 is 0 Å². The summed E-state index contributed by atoms with van der Waals surface area (Å²) in [5.41, 5.74) is 1.29. The maximum absolute atomic E-state index is 13.3. The van der Waals surface area contributed by atoms with E-state index in [1.807, 2.05) is 12.1 Å². The first-order valence-corrected chi connectivity index (χ1v) is 5.76. The SMILES string of the molecule is O=c1cnc(-c2cccc(F)c2)c2ccccc2n1. The molecule has 4 heteroatoms.